The molecule has 0 saturated heterocycles. The highest BCUT2D eigenvalue weighted by molar-refractivity contribution is 6.74. The molecule has 1 rings (SSSR count). The summed E-state index contributed by atoms with van der Waals surface area (Å²) >= 11 is 0. The number of benzene rings is 1. The van der Waals surface area contributed by atoms with E-state index in [1.54, 1.807) is 13.0 Å². The average molecular weight is 354 g/mol. The van der Waals surface area contributed by atoms with Gasteiger partial charge < -0.3 is 9.74 Å². The Bertz CT molecular complexity index is 611. The highest BCUT2D eigenvalue weighted by Crippen LogP contribution is 2.38. The van der Waals surface area contributed by atoms with Gasteiger partial charge in [-0.3, -0.25) is 9.59 Å². The average Bonchev–Trinajstić information content (AvgIpc) is 2.42. The van der Waals surface area contributed by atoms with E-state index in [4.69, 9.17) is 4.43 Å². The quantitative estimate of drug-likeness (QED) is 0.623. The summed E-state index contributed by atoms with van der Waals surface area (Å²) in [6.07, 6.45) is -0.850. The molecule has 0 fully saturated rings. The molecule has 0 bridgehead atoms. The van der Waals surface area contributed by atoms with Crippen molar-refractivity contribution in [2.75, 3.05) is 0 Å². The first-order chi connectivity index (χ1) is 10.8. The van der Waals surface area contributed by atoms with E-state index < -0.39 is 26.3 Å². The Kier molecular flexibility index (Phi) is 6.47. The Hall–Kier alpha value is -1.53. The molecular formula is C18H28FNO3Si. The molecule has 0 aliphatic carbocycles. The van der Waals surface area contributed by atoms with Crippen molar-refractivity contribution < 1.29 is 18.4 Å². The van der Waals surface area contributed by atoms with E-state index in [-0.39, 0.29) is 22.3 Å². The summed E-state index contributed by atoms with van der Waals surface area (Å²) < 4.78 is 19.7. The van der Waals surface area contributed by atoms with E-state index in [1.165, 1.54) is 25.1 Å². The number of Topliss-reactive ketones (excluding diaryl/α,β-unsaturated/α-hetero) is 1. The molecule has 0 aromatic heterocycles. The van der Waals surface area contributed by atoms with Gasteiger partial charge in [-0.2, -0.15) is 0 Å². The van der Waals surface area contributed by atoms with Crippen molar-refractivity contribution in [3.05, 3.63) is 35.6 Å². The normalized spacial score (nSPS) is 14.8. The van der Waals surface area contributed by atoms with Gasteiger partial charge in [-0.25, -0.2) is 4.39 Å². The predicted molar refractivity (Wildman–Crippen MR) is 96.1 cm³/mol. The van der Waals surface area contributed by atoms with Crippen LogP contribution in [-0.2, 0) is 9.22 Å². The molecule has 0 heterocycles. The zero-order valence-corrected chi connectivity index (χ0v) is 16.6. The van der Waals surface area contributed by atoms with E-state index in [9.17, 15) is 14.0 Å². The van der Waals surface area contributed by atoms with Gasteiger partial charge in [-0.1, -0.05) is 32.9 Å². The number of halogens is 1. The van der Waals surface area contributed by atoms with Crippen LogP contribution in [0.25, 0.3) is 0 Å². The zero-order chi connectivity index (χ0) is 18.7. The number of rotatable bonds is 6. The molecule has 2 atom stereocenters. The molecule has 4 nitrogen and oxygen atoms in total. The summed E-state index contributed by atoms with van der Waals surface area (Å²) in [5, 5.41) is 2.63. The number of hydrogen-bond donors (Lipinski definition) is 1. The molecule has 1 aromatic carbocycles. The molecule has 0 aliphatic heterocycles. The second-order valence-corrected chi connectivity index (χ2v) is 12.4. The van der Waals surface area contributed by atoms with Crippen molar-refractivity contribution in [2.24, 2.45) is 0 Å². The van der Waals surface area contributed by atoms with Gasteiger partial charge >= 0.3 is 0 Å². The minimum Gasteiger partial charge on any atom is -0.404 e. The molecule has 134 valence electrons. The number of hydrogen-bond acceptors (Lipinski definition) is 3. The highest BCUT2D eigenvalue weighted by atomic mass is 28.4. The second-order valence-electron chi connectivity index (χ2n) is 7.66. The molecule has 1 amide bonds. The molecule has 24 heavy (non-hydrogen) atoms. The fourth-order valence-electron chi connectivity index (χ4n) is 2.08. The topological polar surface area (TPSA) is 55.4 Å². The van der Waals surface area contributed by atoms with Gasteiger partial charge in [-0.15, -0.1) is 0 Å². The standard InChI is InChI=1S/C18H28FNO3Si/c1-12(20-13(2)21)17(23-24(6,7)18(3,4)5)16(22)14-9-8-10-15(19)11-14/h8-12,17H,1-7H3,(H,20,21)/t12-,17-/m0/s1. The first-order valence-electron chi connectivity index (χ1n) is 8.10. The molecule has 6 heteroatoms. The van der Waals surface area contributed by atoms with Crippen molar-refractivity contribution in [1.82, 2.24) is 5.32 Å². The lowest BCUT2D eigenvalue weighted by Gasteiger charge is -2.40. The van der Waals surface area contributed by atoms with E-state index in [0.29, 0.717) is 0 Å². The number of amides is 1. The Morgan fingerprint density at radius 1 is 1.25 bits per heavy atom. The van der Waals surface area contributed by atoms with Gasteiger partial charge in [0, 0.05) is 12.5 Å². The van der Waals surface area contributed by atoms with Crippen LogP contribution in [0.15, 0.2) is 24.3 Å². The lowest BCUT2D eigenvalue weighted by Crippen LogP contribution is -2.53. The number of carbonyl (C=O) groups excluding carboxylic acids is 2. The van der Waals surface area contributed by atoms with Gasteiger partial charge in [-0.05, 0) is 37.2 Å². The van der Waals surface area contributed by atoms with Gasteiger partial charge in [0.15, 0.2) is 14.1 Å². The van der Waals surface area contributed by atoms with Crippen LogP contribution in [-0.4, -0.2) is 32.2 Å². The molecule has 0 saturated carbocycles. The Morgan fingerprint density at radius 2 is 1.83 bits per heavy atom. The lowest BCUT2D eigenvalue weighted by atomic mass is 10.0. The van der Waals surface area contributed by atoms with E-state index in [0.717, 1.165) is 0 Å². The predicted octanol–water partition coefficient (Wildman–Crippen LogP) is 3.92. The third-order valence-corrected chi connectivity index (χ3v) is 8.94. The molecule has 1 N–H and O–H groups in total. The maximum absolute atomic E-state index is 13.5. The van der Waals surface area contributed by atoms with Crippen LogP contribution in [0.5, 0.6) is 0 Å². The fourth-order valence-corrected chi connectivity index (χ4v) is 3.38. The minimum atomic E-state index is -2.26. The Balaban J connectivity index is 3.18. The highest BCUT2D eigenvalue weighted by Gasteiger charge is 2.42. The van der Waals surface area contributed by atoms with E-state index in [2.05, 4.69) is 26.1 Å². The van der Waals surface area contributed by atoms with Crippen LogP contribution in [0.4, 0.5) is 4.39 Å². The van der Waals surface area contributed by atoms with Crippen molar-refractivity contribution in [3.63, 3.8) is 0 Å². The Morgan fingerprint density at radius 3 is 2.29 bits per heavy atom. The maximum atomic E-state index is 13.5. The summed E-state index contributed by atoms with van der Waals surface area (Å²) in [6, 6.07) is 5.04. The van der Waals surface area contributed by atoms with Crippen LogP contribution in [0.2, 0.25) is 18.1 Å². The molecule has 0 spiro atoms. The van der Waals surface area contributed by atoms with Crippen molar-refractivity contribution in [1.29, 1.82) is 0 Å². The summed E-state index contributed by atoms with van der Waals surface area (Å²) in [7, 11) is -2.26. The monoisotopic (exact) mass is 353 g/mol. The Labute approximate surface area is 144 Å². The summed E-state index contributed by atoms with van der Waals surface area (Å²) in [5.41, 5.74) is 0.246. The van der Waals surface area contributed by atoms with Crippen molar-refractivity contribution in [2.45, 2.75) is 64.9 Å². The summed E-state index contributed by atoms with van der Waals surface area (Å²) in [6.45, 7) is 13.4. The zero-order valence-electron chi connectivity index (χ0n) is 15.6. The number of nitrogens with one attached hydrogen (secondary N) is 1. The van der Waals surface area contributed by atoms with Crippen molar-refractivity contribution in [3.8, 4) is 0 Å². The molecular weight excluding hydrogens is 325 g/mol. The van der Waals surface area contributed by atoms with Crippen LogP contribution >= 0.6 is 0 Å². The van der Waals surface area contributed by atoms with Crippen LogP contribution in [0.3, 0.4) is 0 Å². The van der Waals surface area contributed by atoms with E-state index in [1.807, 2.05) is 13.1 Å². The minimum absolute atomic E-state index is 0.0938. The van der Waals surface area contributed by atoms with Gasteiger partial charge in [0.25, 0.3) is 0 Å². The van der Waals surface area contributed by atoms with Crippen LogP contribution in [0.1, 0.15) is 45.0 Å². The van der Waals surface area contributed by atoms with Crippen LogP contribution < -0.4 is 5.32 Å². The maximum Gasteiger partial charge on any atom is 0.217 e. The van der Waals surface area contributed by atoms with Crippen molar-refractivity contribution >= 4 is 20.0 Å². The van der Waals surface area contributed by atoms with Gasteiger partial charge in [0.05, 0.1) is 6.04 Å². The first-order valence-corrected chi connectivity index (χ1v) is 11.0. The number of ketones is 1. The largest absolute Gasteiger partial charge is 0.404 e. The first kappa shape index (κ1) is 20.5. The van der Waals surface area contributed by atoms with Crippen LogP contribution in [0, 0.1) is 5.82 Å². The smallest absolute Gasteiger partial charge is 0.217 e. The summed E-state index contributed by atoms with van der Waals surface area (Å²) in [4.78, 5) is 24.3. The third kappa shape index (κ3) is 5.24. The molecule has 0 unspecified atom stereocenters. The van der Waals surface area contributed by atoms with E-state index >= 15 is 0 Å². The second kappa shape index (κ2) is 7.57. The van der Waals surface area contributed by atoms with Gasteiger partial charge in [0.1, 0.15) is 11.9 Å². The molecule has 0 radical (unpaired) electrons. The lowest BCUT2D eigenvalue weighted by molar-refractivity contribution is -0.120. The SMILES string of the molecule is CC(=O)N[C@@H](C)[C@H](O[Si](C)(C)C(C)(C)C)C(=O)c1cccc(F)c1. The third-order valence-electron chi connectivity index (χ3n) is 4.48. The molecule has 0 aliphatic rings. The summed E-state index contributed by atoms with van der Waals surface area (Å²) in [5.74, 6) is -1.03. The fraction of sp³-hybridized carbons (Fsp3) is 0.556. The molecule has 1 aromatic rings. The number of carbonyl (C=O) groups is 2. The van der Waals surface area contributed by atoms with Gasteiger partial charge in [0.2, 0.25) is 5.91 Å².